The van der Waals surface area contributed by atoms with E-state index in [1.807, 2.05) is 6.07 Å². The molecule has 0 amide bonds. The molecule has 0 bridgehead atoms. The van der Waals surface area contributed by atoms with Gasteiger partial charge in [0.05, 0.1) is 0 Å². The van der Waals surface area contributed by atoms with Gasteiger partial charge < -0.3 is 5.73 Å². The highest BCUT2D eigenvalue weighted by atomic mass is 35.5. The first-order valence-corrected chi connectivity index (χ1v) is 6.24. The maximum absolute atomic E-state index is 8.74. The van der Waals surface area contributed by atoms with Gasteiger partial charge in [0.2, 0.25) is 0 Å². The molecule has 0 aliphatic carbocycles. The minimum Gasteiger partial charge on any atom is -0.404 e. The van der Waals surface area contributed by atoms with E-state index in [2.05, 4.69) is 30.7 Å². The van der Waals surface area contributed by atoms with E-state index in [0.29, 0.717) is 17.7 Å². The van der Waals surface area contributed by atoms with Crippen molar-refractivity contribution in [2.75, 3.05) is 6.54 Å². The molecule has 1 rings (SSSR count). The van der Waals surface area contributed by atoms with E-state index in [4.69, 9.17) is 22.6 Å². The molecule has 5 heteroatoms. The zero-order valence-electron chi connectivity index (χ0n) is 11.3. The fourth-order valence-corrected chi connectivity index (χ4v) is 1.60. The lowest BCUT2D eigenvalue weighted by Crippen LogP contribution is -2.09. The van der Waals surface area contributed by atoms with Crippen LogP contribution in [0.25, 0.3) is 5.57 Å². The van der Waals surface area contributed by atoms with Crippen LogP contribution in [-0.4, -0.2) is 17.7 Å². The van der Waals surface area contributed by atoms with Crippen LogP contribution in [0.1, 0.15) is 32.0 Å². The number of hydrogen-bond donors (Lipinski definition) is 1. The number of nitriles is 1. The summed E-state index contributed by atoms with van der Waals surface area (Å²) in [6, 6.07) is 5.25. The molecule has 0 saturated carbocycles. The van der Waals surface area contributed by atoms with Crippen molar-refractivity contribution in [3.8, 4) is 6.07 Å². The first-order valence-electron chi connectivity index (χ1n) is 5.86. The van der Waals surface area contributed by atoms with Gasteiger partial charge >= 0.3 is 0 Å². The molecule has 0 unspecified atom stereocenters. The highest BCUT2D eigenvalue weighted by Crippen LogP contribution is 2.21. The average molecular weight is 277 g/mol. The summed E-state index contributed by atoms with van der Waals surface area (Å²) in [7, 11) is 0. The van der Waals surface area contributed by atoms with Crippen LogP contribution >= 0.6 is 11.6 Å². The second-order valence-corrected chi connectivity index (χ2v) is 5.66. The second kappa shape index (κ2) is 6.35. The van der Waals surface area contributed by atoms with Crippen LogP contribution in [0.5, 0.6) is 0 Å². The van der Waals surface area contributed by atoms with Crippen molar-refractivity contribution in [1.29, 1.82) is 5.26 Å². The van der Waals surface area contributed by atoms with Gasteiger partial charge in [-0.3, -0.25) is 4.99 Å². The topological polar surface area (TPSA) is 75.1 Å². The number of nitrogens with two attached hydrogens (primary N) is 1. The highest BCUT2D eigenvalue weighted by Gasteiger charge is 2.10. The van der Waals surface area contributed by atoms with Crippen molar-refractivity contribution >= 4 is 23.4 Å². The predicted molar refractivity (Wildman–Crippen MR) is 78.9 cm³/mol. The average Bonchev–Trinajstić information content (AvgIpc) is 2.34. The van der Waals surface area contributed by atoms with Gasteiger partial charge in [-0.05, 0) is 17.5 Å². The van der Waals surface area contributed by atoms with Crippen LogP contribution in [0.3, 0.4) is 0 Å². The fourth-order valence-electron chi connectivity index (χ4n) is 1.33. The molecule has 0 atom stereocenters. The number of rotatable bonds is 3. The molecule has 0 aliphatic heterocycles. The Morgan fingerprint density at radius 2 is 2.21 bits per heavy atom. The van der Waals surface area contributed by atoms with Crippen LogP contribution in [0, 0.1) is 16.7 Å². The Morgan fingerprint density at radius 3 is 2.68 bits per heavy atom. The maximum Gasteiger partial charge on any atom is 0.142 e. The second-order valence-electron chi connectivity index (χ2n) is 5.30. The summed E-state index contributed by atoms with van der Waals surface area (Å²) in [6.07, 6.45) is 3.11. The summed E-state index contributed by atoms with van der Waals surface area (Å²) in [6.45, 7) is 7.00. The number of allylic oxidation sites excluding steroid dienone is 1. The maximum atomic E-state index is 8.74. The van der Waals surface area contributed by atoms with Crippen molar-refractivity contribution in [1.82, 2.24) is 4.98 Å². The van der Waals surface area contributed by atoms with Gasteiger partial charge in [-0.1, -0.05) is 32.4 Å². The third-order valence-corrected chi connectivity index (χ3v) is 2.54. The van der Waals surface area contributed by atoms with E-state index in [9.17, 15) is 0 Å². The van der Waals surface area contributed by atoms with E-state index >= 15 is 0 Å². The van der Waals surface area contributed by atoms with Gasteiger partial charge in [0.15, 0.2) is 0 Å². The van der Waals surface area contributed by atoms with E-state index in [1.165, 1.54) is 6.20 Å². The molecule has 0 radical (unpaired) electrons. The molecule has 1 aromatic rings. The lowest BCUT2D eigenvalue weighted by Gasteiger charge is -2.14. The summed E-state index contributed by atoms with van der Waals surface area (Å²) >= 11 is 6.03. The lowest BCUT2D eigenvalue weighted by atomic mass is 9.97. The van der Waals surface area contributed by atoms with E-state index in [0.717, 1.165) is 0 Å². The van der Waals surface area contributed by atoms with Crippen molar-refractivity contribution in [3.63, 3.8) is 0 Å². The number of aromatic nitrogens is 1. The number of hydrogen-bond acceptors (Lipinski definition) is 4. The van der Waals surface area contributed by atoms with Gasteiger partial charge in [-0.2, -0.15) is 5.26 Å². The standard InChI is InChI=1S/C14H17ClN4/c1-14(2,3)9-18-8-10(6-16)12-5-4-11(7-17)19-13(12)15/h4-6,8H,9,16H2,1-3H3/b10-6+,18-8?. The number of pyridine rings is 1. The molecule has 4 nitrogen and oxygen atoms in total. The number of nitrogens with zero attached hydrogens (tertiary/aromatic N) is 3. The van der Waals surface area contributed by atoms with Crippen molar-refractivity contribution in [3.05, 3.63) is 34.7 Å². The molecule has 100 valence electrons. The minimum atomic E-state index is 0.114. The van der Waals surface area contributed by atoms with E-state index in [1.54, 1.807) is 18.3 Å². The van der Waals surface area contributed by atoms with E-state index < -0.39 is 0 Å². The molecular formula is C14H17ClN4. The molecule has 0 aromatic carbocycles. The molecule has 2 N–H and O–H groups in total. The Hall–Kier alpha value is -1.86. The van der Waals surface area contributed by atoms with Crippen LogP contribution in [-0.2, 0) is 0 Å². The third kappa shape index (κ3) is 4.72. The minimum absolute atomic E-state index is 0.114. The first-order chi connectivity index (χ1) is 8.87. The summed E-state index contributed by atoms with van der Waals surface area (Å²) in [4.78, 5) is 8.31. The molecule has 0 fully saturated rings. The molecule has 0 spiro atoms. The van der Waals surface area contributed by atoms with Crippen LogP contribution in [0.2, 0.25) is 5.15 Å². The number of aliphatic imine (C=N–C) groups is 1. The smallest absolute Gasteiger partial charge is 0.142 e. The van der Waals surface area contributed by atoms with Crippen molar-refractivity contribution in [2.45, 2.75) is 20.8 Å². The van der Waals surface area contributed by atoms with Gasteiger partial charge in [0.25, 0.3) is 0 Å². The van der Waals surface area contributed by atoms with Gasteiger partial charge in [-0.15, -0.1) is 0 Å². The van der Waals surface area contributed by atoms with Crippen LogP contribution in [0.4, 0.5) is 0 Å². The zero-order valence-corrected chi connectivity index (χ0v) is 12.1. The Balaban J connectivity index is 2.97. The van der Waals surface area contributed by atoms with Crippen LogP contribution in [0.15, 0.2) is 23.3 Å². The summed E-state index contributed by atoms with van der Waals surface area (Å²) in [5, 5.41) is 8.99. The Morgan fingerprint density at radius 1 is 1.53 bits per heavy atom. The normalized spacial score (nSPS) is 12.7. The Bertz CT molecular complexity index is 548. The third-order valence-electron chi connectivity index (χ3n) is 2.25. The Kier molecular flexibility index (Phi) is 5.08. The molecular weight excluding hydrogens is 260 g/mol. The lowest BCUT2D eigenvalue weighted by molar-refractivity contribution is 0.430. The highest BCUT2D eigenvalue weighted by molar-refractivity contribution is 6.32. The zero-order chi connectivity index (χ0) is 14.5. The van der Waals surface area contributed by atoms with Crippen molar-refractivity contribution in [2.24, 2.45) is 16.1 Å². The molecule has 0 aliphatic rings. The fraction of sp³-hybridized carbons (Fsp3) is 0.357. The molecule has 1 aromatic heterocycles. The largest absolute Gasteiger partial charge is 0.404 e. The Labute approximate surface area is 118 Å². The SMILES string of the molecule is CC(C)(C)CN=C/C(=C\N)c1ccc(C#N)nc1Cl. The van der Waals surface area contributed by atoms with Crippen molar-refractivity contribution < 1.29 is 0 Å². The molecule has 0 saturated heterocycles. The summed E-state index contributed by atoms with van der Waals surface area (Å²) in [5.74, 6) is 0. The predicted octanol–water partition coefficient (Wildman–Crippen LogP) is 3.02. The quantitative estimate of drug-likeness (QED) is 0.681. The monoisotopic (exact) mass is 276 g/mol. The van der Waals surface area contributed by atoms with Gasteiger partial charge in [-0.25, -0.2) is 4.98 Å². The van der Waals surface area contributed by atoms with E-state index in [-0.39, 0.29) is 16.3 Å². The van der Waals surface area contributed by atoms with Gasteiger partial charge in [0, 0.05) is 30.1 Å². The van der Waals surface area contributed by atoms with Crippen LogP contribution < -0.4 is 5.73 Å². The number of halogens is 1. The first kappa shape index (κ1) is 15.2. The molecule has 1 heterocycles. The summed E-state index contributed by atoms with van der Waals surface area (Å²) < 4.78 is 0. The summed E-state index contributed by atoms with van der Waals surface area (Å²) in [5.41, 5.74) is 7.33. The molecule has 19 heavy (non-hydrogen) atoms. The van der Waals surface area contributed by atoms with Gasteiger partial charge in [0.1, 0.15) is 16.9 Å².